The van der Waals surface area contributed by atoms with Crippen molar-refractivity contribution in [1.29, 1.82) is 0 Å². The first-order valence-electron chi connectivity index (χ1n) is 14.9. The van der Waals surface area contributed by atoms with Gasteiger partial charge in [-0.2, -0.15) is 0 Å². The van der Waals surface area contributed by atoms with Gasteiger partial charge in [-0.15, -0.1) is 0 Å². The zero-order valence-corrected chi connectivity index (χ0v) is 28.5. The van der Waals surface area contributed by atoms with E-state index in [1.54, 1.807) is 0 Å². The number of carbonyl (C=O) groups is 4. The van der Waals surface area contributed by atoms with E-state index < -0.39 is 126 Å². The topological polar surface area (TPSA) is 292 Å². The summed E-state index contributed by atoms with van der Waals surface area (Å²) in [5.74, 6) is -8.90. The Balaban J connectivity index is 1.50. The van der Waals surface area contributed by atoms with Crippen molar-refractivity contribution in [2.75, 3.05) is 18.0 Å². The molecule has 52 heavy (non-hydrogen) atoms. The van der Waals surface area contributed by atoms with E-state index in [9.17, 15) is 66.6 Å². The number of rotatable bonds is 10. The molecule has 0 spiro atoms. The third kappa shape index (κ3) is 7.31. The van der Waals surface area contributed by atoms with E-state index >= 15 is 4.39 Å². The zero-order valence-electron chi connectivity index (χ0n) is 26.7. The van der Waals surface area contributed by atoms with Gasteiger partial charge >= 0.3 is 32.8 Å². The molecule has 0 radical (unpaired) electrons. The average molecular weight is 777 g/mol. The summed E-state index contributed by atoms with van der Waals surface area (Å²) in [4.78, 5) is 107. The van der Waals surface area contributed by atoms with Crippen LogP contribution in [0.2, 0.25) is 0 Å². The summed E-state index contributed by atoms with van der Waals surface area (Å²) in [7, 11) is -11.6. The molecular formula is C28H29F3N6O13P2. The number of imide groups is 1. The van der Waals surface area contributed by atoms with Crippen LogP contribution in [-0.2, 0) is 23.5 Å². The summed E-state index contributed by atoms with van der Waals surface area (Å²) in [5, 5.41) is 10.9. The van der Waals surface area contributed by atoms with Crippen molar-refractivity contribution in [2.24, 2.45) is 17.6 Å². The van der Waals surface area contributed by atoms with Crippen molar-refractivity contribution in [2.45, 2.75) is 37.6 Å². The van der Waals surface area contributed by atoms with Crippen LogP contribution in [0.1, 0.15) is 24.2 Å². The highest BCUT2D eigenvalue weighted by Gasteiger charge is 2.62. The van der Waals surface area contributed by atoms with Gasteiger partial charge in [0, 0.05) is 43.2 Å². The number of aromatic carboxylic acids is 1. The molecule has 2 aromatic heterocycles. The molecule has 1 aliphatic heterocycles. The van der Waals surface area contributed by atoms with Crippen molar-refractivity contribution >= 4 is 55.9 Å². The van der Waals surface area contributed by atoms with Crippen LogP contribution in [0.25, 0.3) is 16.7 Å². The monoisotopic (exact) mass is 776 g/mol. The van der Waals surface area contributed by atoms with E-state index in [1.807, 2.05) is 5.32 Å². The molecule has 1 aromatic carbocycles. The second-order valence-electron chi connectivity index (χ2n) is 12.1. The number of anilines is 1. The maximum Gasteiger partial charge on any atom is 0.412 e. The lowest BCUT2D eigenvalue weighted by Gasteiger charge is -2.32. The Hall–Kier alpha value is -4.69. The first kappa shape index (κ1) is 38.5. The van der Waals surface area contributed by atoms with Gasteiger partial charge in [0.2, 0.25) is 17.2 Å². The van der Waals surface area contributed by atoms with E-state index in [2.05, 4.69) is 9.72 Å². The number of aromatic nitrogens is 2. The highest BCUT2D eigenvalue weighted by atomic mass is 31.2. The predicted molar refractivity (Wildman–Crippen MR) is 170 cm³/mol. The number of carboxylic acid groups (broad SMARTS) is 1. The van der Waals surface area contributed by atoms with Crippen molar-refractivity contribution in [3.63, 3.8) is 0 Å². The number of amides is 3. The number of benzene rings is 1. The highest BCUT2D eigenvalue weighted by Crippen LogP contribution is 2.61. The average Bonchev–Trinajstić information content (AvgIpc) is 3.47. The standard InChI is InChI=1S/C28H29F3N6O13P2/c1-10(32)24(39)34-25(40)11(2)37(27(43)50-28(51(44,45)46)52(47,48)49)20-14-7-35(8-15(14)20)23-18(31)6-13-21(38)16(26(41)42)9-36(22(13)33-23)19-4-3-12(29)5-17(19)30/h3-6,9-11,14-15,20,28H,7-8,32H2,1-2H3,(H,41,42)(H,34,39,40)(H2,44,45,46)(H2,47,48,49)/t10-,11?,14-,15+,20?/m0/s1. The van der Waals surface area contributed by atoms with Gasteiger partial charge in [0.15, 0.2) is 17.3 Å². The summed E-state index contributed by atoms with van der Waals surface area (Å²) in [6.07, 6.45) is -1.00. The third-order valence-electron chi connectivity index (χ3n) is 8.53. The van der Waals surface area contributed by atoms with Crippen LogP contribution in [0, 0.1) is 29.3 Å². The van der Waals surface area contributed by atoms with Crippen LogP contribution in [0.3, 0.4) is 0 Å². The smallest absolute Gasteiger partial charge is 0.412 e. The van der Waals surface area contributed by atoms with E-state index in [1.165, 1.54) is 11.8 Å². The van der Waals surface area contributed by atoms with E-state index in [0.29, 0.717) is 17.0 Å². The number of fused-ring (bicyclic) bond motifs is 2. The van der Waals surface area contributed by atoms with Crippen LogP contribution in [0.15, 0.2) is 35.3 Å². The van der Waals surface area contributed by atoms with Gasteiger partial charge in [-0.1, -0.05) is 0 Å². The molecule has 24 heteroatoms. The molecule has 1 saturated carbocycles. The number of piperidine rings is 1. The molecule has 5 rings (SSSR count). The molecule has 5 atom stereocenters. The Morgan fingerprint density at radius 3 is 2.12 bits per heavy atom. The first-order chi connectivity index (χ1) is 24.0. The van der Waals surface area contributed by atoms with Crippen molar-refractivity contribution in [1.82, 2.24) is 19.8 Å². The number of nitrogens with zero attached hydrogens (tertiary/aromatic N) is 4. The fourth-order valence-corrected chi connectivity index (χ4v) is 8.04. The second kappa shape index (κ2) is 13.7. The van der Waals surface area contributed by atoms with Gasteiger partial charge < -0.3 is 40.1 Å². The number of nitrogens with two attached hydrogens (primary N) is 1. The molecular weight excluding hydrogens is 747 g/mol. The number of halogens is 3. The molecule has 0 bridgehead atoms. The highest BCUT2D eigenvalue weighted by molar-refractivity contribution is 7.70. The Labute approximate surface area is 289 Å². The molecule has 2 aliphatic rings. The molecule has 2 unspecified atom stereocenters. The number of carboxylic acids is 1. The fraction of sp³-hybridized carbons (Fsp3) is 0.357. The molecule has 3 amide bonds. The Morgan fingerprint density at radius 1 is 1.00 bits per heavy atom. The molecule has 19 nitrogen and oxygen atoms in total. The van der Waals surface area contributed by atoms with Gasteiger partial charge in [0.1, 0.15) is 23.2 Å². The van der Waals surface area contributed by atoms with Gasteiger partial charge in [0.05, 0.1) is 17.1 Å². The largest absolute Gasteiger partial charge is 0.477 e. The van der Waals surface area contributed by atoms with Crippen LogP contribution in [0.5, 0.6) is 0 Å². The SMILES string of the molecule is CC(C(=O)NC(=O)[C@H](C)N)N(C(=O)OC(P(=O)(O)O)P(=O)(O)O)C1[C@H]2CN(c3nc4c(cc3F)c(=O)c(C(=O)O)cn4-c3ccc(F)cc3F)C[C@@H]12. The molecule has 8 N–H and O–H groups in total. The van der Waals surface area contributed by atoms with Crippen LogP contribution >= 0.6 is 15.2 Å². The summed E-state index contributed by atoms with van der Waals surface area (Å²) < 4.78 is 73.2. The van der Waals surface area contributed by atoms with Crippen LogP contribution < -0.4 is 21.4 Å². The van der Waals surface area contributed by atoms with Crippen LogP contribution in [0.4, 0.5) is 23.8 Å². The van der Waals surface area contributed by atoms with E-state index in [0.717, 1.165) is 29.8 Å². The molecule has 2 fully saturated rings. The fourth-order valence-electron chi connectivity index (χ4n) is 6.02. The maximum atomic E-state index is 15.6. The Bertz CT molecular complexity index is 2140. The second-order valence-corrected chi connectivity index (χ2v) is 15.8. The van der Waals surface area contributed by atoms with Gasteiger partial charge in [-0.25, -0.2) is 27.7 Å². The minimum atomic E-state index is -5.80. The number of ether oxygens (including phenoxy) is 1. The van der Waals surface area contributed by atoms with Gasteiger partial charge in [-0.05, 0) is 32.0 Å². The molecule has 280 valence electrons. The summed E-state index contributed by atoms with van der Waals surface area (Å²) >= 11 is 0. The van der Waals surface area contributed by atoms with Crippen LogP contribution in [-0.4, -0.2) is 99.8 Å². The molecule has 3 heterocycles. The number of nitrogens with one attached hydrogen (secondary N) is 1. The summed E-state index contributed by atoms with van der Waals surface area (Å²) in [6.45, 7) is 2.00. The van der Waals surface area contributed by atoms with Gasteiger partial charge in [-0.3, -0.25) is 38.3 Å². The third-order valence-corrected chi connectivity index (χ3v) is 11.7. The zero-order chi connectivity index (χ0) is 38.8. The van der Waals surface area contributed by atoms with Crippen molar-refractivity contribution in [3.8, 4) is 5.69 Å². The predicted octanol–water partition coefficient (Wildman–Crippen LogP) is 0.392. The number of hydrogen-bond donors (Lipinski definition) is 7. The van der Waals surface area contributed by atoms with E-state index in [-0.39, 0.29) is 13.1 Å². The minimum Gasteiger partial charge on any atom is -0.477 e. The molecule has 3 aromatic rings. The quantitative estimate of drug-likeness (QED) is 0.137. The normalized spacial score (nSPS) is 19.6. The summed E-state index contributed by atoms with van der Waals surface area (Å²) in [6, 6.07) is -0.920. The Morgan fingerprint density at radius 2 is 1.60 bits per heavy atom. The molecule has 1 saturated heterocycles. The minimum absolute atomic E-state index is 0.162. The number of hydrogen-bond acceptors (Lipinski definition) is 11. The van der Waals surface area contributed by atoms with Crippen molar-refractivity contribution in [3.05, 3.63) is 63.7 Å². The lowest BCUT2D eigenvalue weighted by atomic mass is 10.1. The maximum absolute atomic E-state index is 15.6. The van der Waals surface area contributed by atoms with E-state index in [4.69, 9.17) is 5.73 Å². The van der Waals surface area contributed by atoms with Crippen molar-refractivity contribution < 1.29 is 70.9 Å². The summed E-state index contributed by atoms with van der Waals surface area (Å²) in [5.41, 5.74) is -0.651. The Kier molecular flexibility index (Phi) is 10.2. The number of carbonyl (C=O) groups excluding carboxylic acids is 3. The lowest BCUT2D eigenvalue weighted by molar-refractivity contribution is -0.133. The number of pyridine rings is 2. The van der Waals surface area contributed by atoms with Gasteiger partial charge in [0.25, 0.3) is 0 Å². The first-order valence-corrected chi connectivity index (χ1v) is 18.3. The molecule has 1 aliphatic carbocycles. The lowest BCUT2D eigenvalue weighted by Crippen LogP contribution is -2.54.